The Morgan fingerprint density at radius 2 is 2.11 bits per heavy atom. The molecule has 1 N–H and O–H groups in total. The minimum atomic E-state index is -0.952. The fourth-order valence-corrected chi connectivity index (χ4v) is 2.08. The van der Waals surface area contributed by atoms with Crippen molar-refractivity contribution < 1.29 is 9.90 Å². The van der Waals surface area contributed by atoms with Gasteiger partial charge in [-0.15, -0.1) is 0 Å². The van der Waals surface area contributed by atoms with Crippen LogP contribution in [0.5, 0.6) is 0 Å². The molecule has 1 aromatic heterocycles. The molecule has 1 fully saturated rings. The third-order valence-electron chi connectivity index (χ3n) is 3.12. The summed E-state index contributed by atoms with van der Waals surface area (Å²) in [6, 6.07) is 7.33. The van der Waals surface area contributed by atoms with Gasteiger partial charge in [-0.1, -0.05) is 6.07 Å². The SMILES string of the molecule is C[C@H](O)C(=O)N1CCN(c2cccc(C#N)n2)CC1. The fraction of sp³-hybridized carbons (Fsp3) is 0.462. The number of rotatable bonds is 2. The van der Waals surface area contributed by atoms with E-state index >= 15 is 0 Å². The first kappa shape index (κ1) is 13.3. The van der Waals surface area contributed by atoms with Crippen LogP contribution in [-0.4, -0.2) is 53.2 Å². The molecule has 6 heteroatoms. The summed E-state index contributed by atoms with van der Waals surface area (Å²) in [5, 5.41) is 18.1. The molecule has 1 aromatic rings. The molecule has 1 aliphatic heterocycles. The molecule has 100 valence electrons. The molecule has 0 unspecified atom stereocenters. The van der Waals surface area contributed by atoms with Gasteiger partial charge in [-0.05, 0) is 19.1 Å². The molecule has 2 heterocycles. The lowest BCUT2D eigenvalue weighted by Gasteiger charge is -2.35. The van der Waals surface area contributed by atoms with Gasteiger partial charge in [0.2, 0.25) is 0 Å². The lowest BCUT2D eigenvalue weighted by atomic mass is 10.2. The number of aliphatic hydroxyl groups excluding tert-OH is 1. The van der Waals surface area contributed by atoms with Crippen molar-refractivity contribution in [3.8, 4) is 6.07 Å². The van der Waals surface area contributed by atoms with Gasteiger partial charge in [0, 0.05) is 26.2 Å². The summed E-state index contributed by atoms with van der Waals surface area (Å²) < 4.78 is 0. The van der Waals surface area contributed by atoms with Gasteiger partial charge in [-0.25, -0.2) is 4.98 Å². The summed E-state index contributed by atoms with van der Waals surface area (Å²) in [6.45, 7) is 3.90. The van der Waals surface area contributed by atoms with E-state index in [4.69, 9.17) is 5.26 Å². The van der Waals surface area contributed by atoms with Gasteiger partial charge in [0.25, 0.3) is 5.91 Å². The molecule has 0 radical (unpaired) electrons. The van der Waals surface area contributed by atoms with Crippen molar-refractivity contribution in [2.75, 3.05) is 31.1 Å². The van der Waals surface area contributed by atoms with E-state index < -0.39 is 6.10 Å². The van der Waals surface area contributed by atoms with E-state index in [9.17, 15) is 9.90 Å². The molecule has 0 saturated carbocycles. The second-order valence-corrected chi connectivity index (χ2v) is 4.48. The predicted octanol–water partition coefficient (Wildman–Crippen LogP) is -0.0173. The Bertz CT molecular complexity index is 502. The number of nitriles is 1. The maximum Gasteiger partial charge on any atom is 0.251 e. The van der Waals surface area contributed by atoms with Crippen LogP contribution in [0.25, 0.3) is 0 Å². The standard InChI is InChI=1S/C13H16N4O2/c1-10(18)13(19)17-7-5-16(6-8-17)12-4-2-3-11(9-14)15-12/h2-4,10,18H,5-8H2,1H3/t10-/m0/s1. The molecule has 1 saturated heterocycles. The van der Waals surface area contributed by atoms with Gasteiger partial charge in [-0.2, -0.15) is 5.26 Å². The van der Waals surface area contributed by atoms with Crippen LogP contribution < -0.4 is 4.90 Å². The highest BCUT2D eigenvalue weighted by atomic mass is 16.3. The average molecular weight is 260 g/mol. The van der Waals surface area contributed by atoms with Crippen molar-refractivity contribution in [1.29, 1.82) is 5.26 Å². The molecular formula is C13H16N4O2. The Labute approximate surface area is 111 Å². The van der Waals surface area contributed by atoms with E-state index in [0.29, 0.717) is 31.9 Å². The van der Waals surface area contributed by atoms with Crippen LogP contribution in [0.3, 0.4) is 0 Å². The molecule has 6 nitrogen and oxygen atoms in total. The number of hydrogen-bond donors (Lipinski definition) is 1. The zero-order valence-corrected chi connectivity index (χ0v) is 10.8. The second-order valence-electron chi connectivity index (χ2n) is 4.48. The number of carbonyl (C=O) groups is 1. The normalized spacial score (nSPS) is 16.9. The van der Waals surface area contributed by atoms with Crippen LogP contribution in [0.1, 0.15) is 12.6 Å². The Balaban J connectivity index is 2.00. The first-order valence-electron chi connectivity index (χ1n) is 6.21. The Morgan fingerprint density at radius 3 is 2.68 bits per heavy atom. The van der Waals surface area contributed by atoms with Crippen LogP contribution in [0.2, 0.25) is 0 Å². The van der Waals surface area contributed by atoms with Crippen LogP contribution >= 0.6 is 0 Å². The fourth-order valence-electron chi connectivity index (χ4n) is 2.08. The predicted molar refractivity (Wildman–Crippen MR) is 69.4 cm³/mol. The van der Waals surface area contributed by atoms with Crippen molar-refractivity contribution in [3.05, 3.63) is 23.9 Å². The van der Waals surface area contributed by atoms with Gasteiger partial charge in [0.15, 0.2) is 0 Å². The summed E-state index contributed by atoms with van der Waals surface area (Å²) in [7, 11) is 0. The van der Waals surface area contributed by atoms with E-state index in [1.54, 1.807) is 17.0 Å². The Hall–Kier alpha value is -2.13. The molecule has 2 rings (SSSR count). The first-order valence-corrected chi connectivity index (χ1v) is 6.21. The summed E-state index contributed by atoms with van der Waals surface area (Å²) in [5.74, 6) is 0.515. The van der Waals surface area contributed by atoms with Gasteiger partial charge in [0.1, 0.15) is 23.7 Å². The van der Waals surface area contributed by atoms with Crippen LogP contribution in [0.4, 0.5) is 5.82 Å². The van der Waals surface area contributed by atoms with E-state index in [1.807, 2.05) is 17.0 Å². The topological polar surface area (TPSA) is 80.5 Å². The smallest absolute Gasteiger partial charge is 0.251 e. The molecule has 19 heavy (non-hydrogen) atoms. The van der Waals surface area contributed by atoms with E-state index in [0.717, 1.165) is 5.82 Å². The molecule has 0 aromatic carbocycles. The molecule has 0 bridgehead atoms. The second kappa shape index (κ2) is 5.67. The number of hydrogen-bond acceptors (Lipinski definition) is 5. The van der Waals surface area contributed by atoms with E-state index in [-0.39, 0.29) is 5.91 Å². The minimum absolute atomic E-state index is 0.238. The quantitative estimate of drug-likeness (QED) is 0.808. The number of anilines is 1. The zero-order chi connectivity index (χ0) is 13.8. The highest BCUT2D eigenvalue weighted by Gasteiger charge is 2.24. The molecular weight excluding hydrogens is 244 g/mol. The summed E-state index contributed by atoms with van der Waals surface area (Å²) in [4.78, 5) is 19.6. The van der Waals surface area contributed by atoms with Crippen LogP contribution in [-0.2, 0) is 4.79 Å². The van der Waals surface area contributed by atoms with Gasteiger partial charge in [-0.3, -0.25) is 4.79 Å². The first-order chi connectivity index (χ1) is 9.11. The molecule has 0 aliphatic carbocycles. The lowest BCUT2D eigenvalue weighted by Crippen LogP contribution is -2.51. The van der Waals surface area contributed by atoms with Crippen molar-refractivity contribution in [3.63, 3.8) is 0 Å². The maximum atomic E-state index is 11.6. The summed E-state index contributed by atoms with van der Waals surface area (Å²) in [5.41, 5.74) is 0.389. The van der Waals surface area contributed by atoms with Crippen molar-refractivity contribution in [2.24, 2.45) is 0 Å². The number of aromatic nitrogens is 1. The molecule has 1 atom stereocenters. The highest BCUT2D eigenvalue weighted by Crippen LogP contribution is 2.14. The number of piperazine rings is 1. The van der Waals surface area contributed by atoms with Crippen LogP contribution in [0, 0.1) is 11.3 Å². The van der Waals surface area contributed by atoms with Crippen molar-refractivity contribution >= 4 is 11.7 Å². The molecule has 1 aliphatic rings. The van der Waals surface area contributed by atoms with Crippen molar-refractivity contribution in [2.45, 2.75) is 13.0 Å². The molecule has 1 amide bonds. The number of amides is 1. The summed E-state index contributed by atoms with van der Waals surface area (Å²) in [6.07, 6.45) is -0.952. The average Bonchev–Trinajstić information content (AvgIpc) is 2.46. The third-order valence-corrected chi connectivity index (χ3v) is 3.12. The Kier molecular flexibility index (Phi) is 3.97. The van der Waals surface area contributed by atoms with Gasteiger partial charge >= 0.3 is 0 Å². The van der Waals surface area contributed by atoms with Gasteiger partial charge < -0.3 is 14.9 Å². The monoisotopic (exact) mass is 260 g/mol. The number of nitrogens with zero attached hydrogens (tertiary/aromatic N) is 4. The minimum Gasteiger partial charge on any atom is -0.384 e. The summed E-state index contributed by atoms with van der Waals surface area (Å²) >= 11 is 0. The highest BCUT2D eigenvalue weighted by molar-refractivity contribution is 5.80. The zero-order valence-electron chi connectivity index (χ0n) is 10.8. The number of carbonyl (C=O) groups excluding carboxylic acids is 1. The lowest BCUT2D eigenvalue weighted by molar-refractivity contribution is -0.139. The van der Waals surface area contributed by atoms with Crippen molar-refractivity contribution in [1.82, 2.24) is 9.88 Å². The third kappa shape index (κ3) is 3.01. The Morgan fingerprint density at radius 1 is 1.42 bits per heavy atom. The van der Waals surface area contributed by atoms with E-state index in [1.165, 1.54) is 6.92 Å². The maximum absolute atomic E-state index is 11.6. The largest absolute Gasteiger partial charge is 0.384 e. The number of aliphatic hydroxyl groups is 1. The molecule has 0 spiro atoms. The van der Waals surface area contributed by atoms with Crippen LogP contribution in [0.15, 0.2) is 18.2 Å². The number of pyridine rings is 1. The van der Waals surface area contributed by atoms with Gasteiger partial charge in [0.05, 0.1) is 0 Å². The van der Waals surface area contributed by atoms with E-state index in [2.05, 4.69) is 4.98 Å².